The van der Waals surface area contributed by atoms with E-state index in [0.29, 0.717) is 24.9 Å². The van der Waals surface area contributed by atoms with Crippen molar-refractivity contribution in [3.05, 3.63) is 88.6 Å². The lowest BCUT2D eigenvalue weighted by Crippen LogP contribution is -2.43. The fraction of sp³-hybridized carbons (Fsp3) is 0.393. The molecule has 0 bridgehead atoms. The highest BCUT2D eigenvalue weighted by atomic mass is 19.4. The van der Waals surface area contributed by atoms with Gasteiger partial charge in [-0.15, -0.1) is 0 Å². The molecule has 1 aromatic heterocycles. The van der Waals surface area contributed by atoms with Crippen LogP contribution < -0.4 is 0 Å². The molecule has 1 aliphatic heterocycles. The highest BCUT2D eigenvalue weighted by molar-refractivity contribution is 5.92. The first-order valence-corrected chi connectivity index (χ1v) is 12.8. The third-order valence-electron chi connectivity index (χ3n) is 6.53. The molecule has 0 saturated carbocycles. The summed E-state index contributed by atoms with van der Waals surface area (Å²) in [6, 6.07) is 7.79. The lowest BCUT2D eigenvalue weighted by molar-refractivity contribution is -0.149. The van der Waals surface area contributed by atoms with Gasteiger partial charge in [0.05, 0.1) is 24.6 Å². The zero-order valence-corrected chi connectivity index (χ0v) is 21.7. The zero-order chi connectivity index (χ0) is 28.9. The van der Waals surface area contributed by atoms with Gasteiger partial charge in [-0.05, 0) is 37.5 Å². The summed E-state index contributed by atoms with van der Waals surface area (Å²) in [5.74, 6) is -2.71. The molecular formula is C28H28F5N3O4. The summed E-state index contributed by atoms with van der Waals surface area (Å²) in [5.41, 5.74) is -0.399. The maximum atomic E-state index is 14.4. The first-order valence-electron chi connectivity index (χ1n) is 12.8. The Bertz CT molecular complexity index is 1340. The van der Waals surface area contributed by atoms with Crippen LogP contribution in [0.4, 0.5) is 22.0 Å². The van der Waals surface area contributed by atoms with Crippen LogP contribution in [0.2, 0.25) is 0 Å². The number of aromatic nitrogens is 1. The standard InChI is InChI=1S/C28H28F5N3O4/c1-2-39-27(38)20-6-4-10-36(15-20)26(37)24-17-40-25(34-24)16-35(14-19-8-9-22(29)12-23(19)30)13-18-5-3-7-21(11-18)28(31,32)33/h3,5,7-9,11-12,17,20H,2,4,6,10,13-16H2,1H3/t20-/m0/s1. The molecule has 1 saturated heterocycles. The van der Waals surface area contributed by atoms with Gasteiger partial charge in [0.2, 0.25) is 5.89 Å². The Morgan fingerprint density at radius 2 is 1.93 bits per heavy atom. The number of hydrogen-bond acceptors (Lipinski definition) is 6. The third kappa shape index (κ3) is 7.44. The minimum Gasteiger partial charge on any atom is -0.466 e. The van der Waals surface area contributed by atoms with Crippen LogP contribution >= 0.6 is 0 Å². The normalized spacial score (nSPS) is 15.9. The number of carbonyl (C=O) groups excluding carboxylic acids is 2. The number of alkyl halides is 3. The van der Waals surface area contributed by atoms with Gasteiger partial charge in [-0.25, -0.2) is 13.8 Å². The van der Waals surface area contributed by atoms with Crippen LogP contribution in [-0.4, -0.2) is 46.4 Å². The topological polar surface area (TPSA) is 75.9 Å². The maximum Gasteiger partial charge on any atom is 0.416 e. The van der Waals surface area contributed by atoms with Crippen LogP contribution in [0.5, 0.6) is 0 Å². The molecule has 2 heterocycles. The van der Waals surface area contributed by atoms with Crippen molar-refractivity contribution in [1.29, 1.82) is 0 Å². The first kappa shape index (κ1) is 29.2. The Kier molecular flexibility index (Phi) is 9.18. The molecule has 3 aromatic rings. The predicted molar refractivity (Wildman–Crippen MR) is 133 cm³/mol. The molecule has 1 amide bonds. The van der Waals surface area contributed by atoms with E-state index in [4.69, 9.17) is 9.15 Å². The summed E-state index contributed by atoms with van der Waals surface area (Å²) in [6.07, 6.45) is -2.14. The van der Waals surface area contributed by atoms with Crippen LogP contribution in [0.1, 0.15) is 52.8 Å². The number of benzene rings is 2. The molecule has 1 fully saturated rings. The summed E-state index contributed by atoms with van der Waals surface area (Å²) >= 11 is 0. The van der Waals surface area contributed by atoms with Crippen molar-refractivity contribution >= 4 is 11.9 Å². The van der Waals surface area contributed by atoms with Gasteiger partial charge in [-0.3, -0.25) is 14.5 Å². The van der Waals surface area contributed by atoms with Crippen LogP contribution in [-0.2, 0) is 35.3 Å². The molecule has 0 spiro atoms. The van der Waals surface area contributed by atoms with Gasteiger partial charge >= 0.3 is 12.1 Å². The van der Waals surface area contributed by atoms with Crippen molar-refractivity contribution in [2.45, 2.75) is 45.6 Å². The smallest absolute Gasteiger partial charge is 0.416 e. The highest BCUT2D eigenvalue weighted by Crippen LogP contribution is 2.30. The highest BCUT2D eigenvalue weighted by Gasteiger charge is 2.32. The van der Waals surface area contributed by atoms with E-state index in [9.17, 15) is 31.5 Å². The molecule has 1 aliphatic rings. The fourth-order valence-corrected chi connectivity index (χ4v) is 4.61. The third-order valence-corrected chi connectivity index (χ3v) is 6.53. The van der Waals surface area contributed by atoms with Crippen LogP contribution in [0.3, 0.4) is 0 Å². The second-order valence-corrected chi connectivity index (χ2v) is 9.55. The summed E-state index contributed by atoms with van der Waals surface area (Å²) in [7, 11) is 0. The predicted octanol–water partition coefficient (Wildman–Crippen LogP) is 5.59. The van der Waals surface area contributed by atoms with Crippen molar-refractivity contribution in [3.63, 3.8) is 0 Å². The fourth-order valence-electron chi connectivity index (χ4n) is 4.61. The summed E-state index contributed by atoms with van der Waals surface area (Å²) in [5, 5.41) is 0. The van der Waals surface area contributed by atoms with Crippen LogP contribution in [0.15, 0.2) is 53.1 Å². The number of halogens is 5. The van der Waals surface area contributed by atoms with Crippen molar-refractivity contribution in [2.24, 2.45) is 5.92 Å². The number of hydrogen-bond donors (Lipinski definition) is 0. The number of nitrogens with zero attached hydrogens (tertiary/aromatic N) is 3. The maximum absolute atomic E-state index is 14.4. The summed E-state index contributed by atoms with van der Waals surface area (Å²) in [6.45, 7) is 2.36. The zero-order valence-electron chi connectivity index (χ0n) is 21.7. The van der Waals surface area contributed by atoms with Gasteiger partial charge in [0, 0.05) is 37.8 Å². The van der Waals surface area contributed by atoms with Gasteiger partial charge in [0.15, 0.2) is 5.69 Å². The lowest BCUT2D eigenvalue weighted by Gasteiger charge is -2.30. The van der Waals surface area contributed by atoms with E-state index in [0.717, 1.165) is 24.3 Å². The molecule has 0 unspecified atom stereocenters. The largest absolute Gasteiger partial charge is 0.466 e. The molecule has 12 heteroatoms. The molecule has 40 heavy (non-hydrogen) atoms. The Labute approximate surface area is 227 Å². The number of esters is 1. The molecule has 7 nitrogen and oxygen atoms in total. The average molecular weight is 566 g/mol. The van der Waals surface area contributed by atoms with Crippen molar-refractivity contribution in [1.82, 2.24) is 14.8 Å². The number of carbonyl (C=O) groups is 2. The first-order chi connectivity index (χ1) is 19.0. The summed E-state index contributed by atoms with van der Waals surface area (Å²) in [4.78, 5) is 32.5. The number of ether oxygens (including phenoxy) is 1. The second-order valence-electron chi connectivity index (χ2n) is 9.55. The molecule has 0 N–H and O–H groups in total. The average Bonchev–Trinajstić information content (AvgIpc) is 3.38. The van der Waals surface area contributed by atoms with Crippen molar-refractivity contribution in [2.75, 3.05) is 19.7 Å². The van der Waals surface area contributed by atoms with E-state index in [1.54, 1.807) is 11.8 Å². The Hall–Kier alpha value is -3.80. The quantitative estimate of drug-likeness (QED) is 0.249. The summed E-state index contributed by atoms with van der Waals surface area (Å²) < 4.78 is 78.2. The SMILES string of the molecule is CCOC(=O)[C@H]1CCCN(C(=O)c2coc(CN(Cc3cccc(C(F)(F)F)c3)Cc3ccc(F)cc3F)n2)C1. The lowest BCUT2D eigenvalue weighted by atomic mass is 9.98. The number of rotatable bonds is 9. The van der Waals surface area contributed by atoms with E-state index in [-0.39, 0.29) is 55.9 Å². The van der Waals surface area contributed by atoms with Crippen LogP contribution in [0, 0.1) is 17.6 Å². The van der Waals surface area contributed by atoms with E-state index in [2.05, 4.69) is 4.98 Å². The molecular weight excluding hydrogens is 537 g/mol. The van der Waals surface area contributed by atoms with Crippen molar-refractivity contribution < 1.29 is 40.7 Å². The number of amides is 1. The van der Waals surface area contributed by atoms with E-state index in [1.807, 2.05) is 0 Å². The molecule has 4 rings (SSSR count). The van der Waals surface area contributed by atoms with Crippen LogP contribution in [0.25, 0.3) is 0 Å². The second kappa shape index (κ2) is 12.6. The molecule has 0 radical (unpaired) electrons. The monoisotopic (exact) mass is 565 g/mol. The minimum atomic E-state index is -4.54. The Morgan fingerprint density at radius 3 is 2.65 bits per heavy atom. The van der Waals surface area contributed by atoms with Gasteiger partial charge in [-0.2, -0.15) is 13.2 Å². The van der Waals surface area contributed by atoms with E-state index in [1.165, 1.54) is 29.4 Å². The molecule has 214 valence electrons. The molecule has 2 aromatic carbocycles. The number of oxazole rings is 1. The van der Waals surface area contributed by atoms with E-state index >= 15 is 0 Å². The van der Waals surface area contributed by atoms with Gasteiger partial charge in [0.1, 0.15) is 17.9 Å². The Morgan fingerprint density at radius 1 is 1.12 bits per heavy atom. The van der Waals surface area contributed by atoms with Crippen molar-refractivity contribution in [3.8, 4) is 0 Å². The van der Waals surface area contributed by atoms with E-state index < -0.39 is 35.2 Å². The van der Waals surface area contributed by atoms with Gasteiger partial charge < -0.3 is 14.1 Å². The number of likely N-dealkylation sites (tertiary alicyclic amines) is 1. The molecule has 0 aliphatic carbocycles. The van der Waals surface area contributed by atoms with Gasteiger partial charge in [-0.1, -0.05) is 24.3 Å². The van der Waals surface area contributed by atoms with Gasteiger partial charge in [0.25, 0.3) is 5.91 Å². The Balaban J connectivity index is 1.51. The minimum absolute atomic E-state index is 0.00601. The number of piperidine rings is 1. The molecule has 1 atom stereocenters.